The standard InChI is InChI=1S/C11H21NO3/c1-10(2,15)5-6-11(9(13)14)4-3-7-12-8-11/h12,15H,3-8H2,1-2H3,(H,13,14). The van der Waals surface area contributed by atoms with Crippen molar-refractivity contribution >= 4 is 5.97 Å². The number of nitrogens with one attached hydrogen (secondary N) is 1. The van der Waals surface area contributed by atoms with Crippen molar-refractivity contribution in [3.05, 3.63) is 0 Å². The SMILES string of the molecule is CC(C)(O)CCC1(C(=O)O)CCCNC1. The molecular formula is C11H21NO3. The van der Waals surface area contributed by atoms with Crippen LogP contribution in [-0.4, -0.2) is 34.9 Å². The number of hydrogen-bond donors (Lipinski definition) is 3. The molecule has 0 bridgehead atoms. The largest absolute Gasteiger partial charge is 0.481 e. The Morgan fingerprint density at radius 2 is 2.20 bits per heavy atom. The fourth-order valence-electron chi connectivity index (χ4n) is 2.02. The molecule has 0 radical (unpaired) electrons. The Morgan fingerprint density at radius 3 is 2.60 bits per heavy atom. The minimum atomic E-state index is -0.778. The lowest BCUT2D eigenvalue weighted by Crippen LogP contribution is -2.46. The van der Waals surface area contributed by atoms with E-state index in [0.29, 0.717) is 25.8 Å². The third-order valence-electron chi connectivity index (χ3n) is 3.14. The lowest BCUT2D eigenvalue weighted by atomic mass is 9.75. The van der Waals surface area contributed by atoms with Gasteiger partial charge in [0.1, 0.15) is 0 Å². The van der Waals surface area contributed by atoms with Gasteiger partial charge in [0.15, 0.2) is 0 Å². The number of rotatable bonds is 4. The molecule has 0 amide bonds. The maximum atomic E-state index is 11.3. The fraction of sp³-hybridized carbons (Fsp3) is 0.909. The molecule has 88 valence electrons. The number of carboxylic acid groups (broad SMARTS) is 1. The van der Waals surface area contributed by atoms with Gasteiger partial charge in [-0.05, 0) is 46.1 Å². The summed E-state index contributed by atoms with van der Waals surface area (Å²) in [4.78, 5) is 11.3. The molecule has 1 atom stereocenters. The van der Waals surface area contributed by atoms with Crippen LogP contribution in [0.3, 0.4) is 0 Å². The van der Waals surface area contributed by atoms with E-state index >= 15 is 0 Å². The Labute approximate surface area is 90.7 Å². The Morgan fingerprint density at radius 1 is 1.53 bits per heavy atom. The minimum absolute atomic E-state index is 0.526. The van der Waals surface area contributed by atoms with E-state index in [2.05, 4.69) is 5.32 Å². The maximum absolute atomic E-state index is 11.3. The first kappa shape index (κ1) is 12.5. The van der Waals surface area contributed by atoms with Crippen LogP contribution < -0.4 is 5.32 Å². The molecule has 0 aromatic rings. The summed E-state index contributed by atoms with van der Waals surface area (Å²) in [5, 5.41) is 22.0. The van der Waals surface area contributed by atoms with Gasteiger partial charge in [0.05, 0.1) is 11.0 Å². The van der Waals surface area contributed by atoms with E-state index in [9.17, 15) is 15.0 Å². The van der Waals surface area contributed by atoms with Crippen LogP contribution in [-0.2, 0) is 4.79 Å². The van der Waals surface area contributed by atoms with Crippen molar-refractivity contribution in [2.45, 2.75) is 45.1 Å². The molecular weight excluding hydrogens is 194 g/mol. The predicted molar refractivity (Wildman–Crippen MR) is 57.7 cm³/mol. The fourth-order valence-corrected chi connectivity index (χ4v) is 2.02. The van der Waals surface area contributed by atoms with E-state index in [1.54, 1.807) is 13.8 Å². The topological polar surface area (TPSA) is 69.6 Å². The van der Waals surface area contributed by atoms with E-state index in [0.717, 1.165) is 13.0 Å². The average Bonchev–Trinajstić information content (AvgIpc) is 2.15. The molecule has 15 heavy (non-hydrogen) atoms. The number of carbonyl (C=O) groups is 1. The average molecular weight is 215 g/mol. The van der Waals surface area contributed by atoms with Crippen LogP contribution in [0, 0.1) is 5.41 Å². The summed E-state index contributed by atoms with van der Waals surface area (Å²) in [6.45, 7) is 4.87. The summed E-state index contributed by atoms with van der Waals surface area (Å²) in [6.07, 6.45) is 2.68. The lowest BCUT2D eigenvalue weighted by molar-refractivity contribution is -0.151. The maximum Gasteiger partial charge on any atom is 0.310 e. The molecule has 1 rings (SSSR count). The van der Waals surface area contributed by atoms with Gasteiger partial charge in [-0.15, -0.1) is 0 Å². The van der Waals surface area contributed by atoms with E-state index in [1.807, 2.05) is 0 Å². The summed E-state index contributed by atoms with van der Waals surface area (Å²) >= 11 is 0. The second-order valence-electron chi connectivity index (χ2n) is 5.18. The van der Waals surface area contributed by atoms with E-state index in [4.69, 9.17) is 0 Å². The van der Waals surface area contributed by atoms with Gasteiger partial charge < -0.3 is 15.5 Å². The first-order valence-corrected chi connectivity index (χ1v) is 5.52. The van der Waals surface area contributed by atoms with E-state index < -0.39 is 17.0 Å². The number of aliphatic hydroxyl groups is 1. The van der Waals surface area contributed by atoms with Crippen LogP contribution >= 0.6 is 0 Å². The normalized spacial score (nSPS) is 27.7. The van der Waals surface area contributed by atoms with Crippen molar-refractivity contribution in [2.75, 3.05) is 13.1 Å². The van der Waals surface area contributed by atoms with Gasteiger partial charge in [0.25, 0.3) is 0 Å². The predicted octanol–water partition coefficient (Wildman–Crippen LogP) is 0.992. The zero-order valence-electron chi connectivity index (χ0n) is 9.55. The van der Waals surface area contributed by atoms with Crippen LogP contribution in [0.5, 0.6) is 0 Å². The molecule has 0 aromatic heterocycles. The Kier molecular flexibility index (Phi) is 3.73. The quantitative estimate of drug-likeness (QED) is 0.654. The van der Waals surface area contributed by atoms with Crippen molar-refractivity contribution in [1.29, 1.82) is 0 Å². The van der Waals surface area contributed by atoms with Crippen LogP contribution in [0.1, 0.15) is 39.5 Å². The summed E-state index contributed by atoms with van der Waals surface area (Å²) in [7, 11) is 0. The Bertz CT molecular complexity index is 226. The van der Waals surface area contributed by atoms with Crippen molar-refractivity contribution in [3.63, 3.8) is 0 Å². The van der Waals surface area contributed by atoms with Crippen LogP contribution in [0.25, 0.3) is 0 Å². The molecule has 0 spiro atoms. The van der Waals surface area contributed by atoms with Crippen molar-refractivity contribution in [1.82, 2.24) is 5.32 Å². The van der Waals surface area contributed by atoms with E-state index in [-0.39, 0.29) is 0 Å². The molecule has 0 aliphatic carbocycles. The number of aliphatic carboxylic acids is 1. The smallest absolute Gasteiger partial charge is 0.310 e. The Hall–Kier alpha value is -0.610. The molecule has 1 heterocycles. The summed E-state index contributed by atoms with van der Waals surface area (Å²) < 4.78 is 0. The molecule has 3 N–H and O–H groups in total. The van der Waals surface area contributed by atoms with Gasteiger partial charge in [0.2, 0.25) is 0 Å². The van der Waals surface area contributed by atoms with Crippen molar-refractivity contribution < 1.29 is 15.0 Å². The monoisotopic (exact) mass is 215 g/mol. The highest BCUT2D eigenvalue weighted by atomic mass is 16.4. The number of carboxylic acids is 1. The highest BCUT2D eigenvalue weighted by molar-refractivity contribution is 5.75. The molecule has 1 saturated heterocycles. The molecule has 4 nitrogen and oxygen atoms in total. The molecule has 0 aromatic carbocycles. The highest BCUT2D eigenvalue weighted by Gasteiger charge is 2.40. The van der Waals surface area contributed by atoms with E-state index in [1.165, 1.54) is 0 Å². The van der Waals surface area contributed by atoms with Gasteiger partial charge in [-0.2, -0.15) is 0 Å². The van der Waals surface area contributed by atoms with Gasteiger partial charge in [-0.1, -0.05) is 0 Å². The lowest BCUT2D eigenvalue weighted by Gasteiger charge is -2.35. The first-order chi connectivity index (χ1) is 6.86. The third-order valence-corrected chi connectivity index (χ3v) is 3.14. The van der Waals surface area contributed by atoms with Gasteiger partial charge >= 0.3 is 5.97 Å². The second-order valence-corrected chi connectivity index (χ2v) is 5.18. The zero-order valence-corrected chi connectivity index (χ0v) is 9.55. The van der Waals surface area contributed by atoms with Gasteiger partial charge in [-0.25, -0.2) is 0 Å². The molecule has 4 heteroatoms. The summed E-state index contributed by atoms with van der Waals surface area (Å²) in [5.74, 6) is -0.737. The number of piperidine rings is 1. The zero-order chi connectivity index (χ0) is 11.5. The molecule has 1 aliphatic rings. The Balaban J connectivity index is 2.61. The minimum Gasteiger partial charge on any atom is -0.481 e. The molecule has 0 saturated carbocycles. The molecule has 1 unspecified atom stereocenters. The second kappa shape index (κ2) is 4.49. The van der Waals surface area contributed by atoms with Crippen LogP contribution in [0.4, 0.5) is 0 Å². The van der Waals surface area contributed by atoms with Crippen molar-refractivity contribution in [3.8, 4) is 0 Å². The summed E-state index contributed by atoms with van der Waals surface area (Å²) in [5.41, 5.74) is -1.45. The first-order valence-electron chi connectivity index (χ1n) is 5.52. The third kappa shape index (κ3) is 3.47. The highest BCUT2D eigenvalue weighted by Crippen LogP contribution is 2.33. The summed E-state index contributed by atoms with van der Waals surface area (Å²) in [6, 6.07) is 0. The van der Waals surface area contributed by atoms with Crippen molar-refractivity contribution in [2.24, 2.45) is 5.41 Å². The van der Waals surface area contributed by atoms with Crippen LogP contribution in [0.15, 0.2) is 0 Å². The molecule has 1 fully saturated rings. The van der Waals surface area contributed by atoms with Crippen LogP contribution in [0.2, 0.25) is 0 Å². The number of hydrogen-bond acceptors (Lipinski definition) is 3. The van der Waals surface area contributed by atoms with Gasteiger partial charge in [0, 0.05) is 6.54 Å². The van der Waals surface area contributed by atoms with Gasteiger partial charge in [-0.3, -0.25) is 4.79 Å². The molecule has 1 aliphatic heterocycles.